The number of phosphoric ester groups is 2. The molecule has 0 radical (unpaired) electrons. The normalized spacial score (nSPS) is 13.9. The third kappa shape index (κ3) is 76.3. The third-order valence-electron chi connectivity index (χ3n) is 19.5. The monoisotopic (exact) mass is 1490 g/mol. The summed E-state index contributed by atoms with van der Waals surface area (Å²) in [5, 5.41) is 10.7. The molecule has 17 nitrogen and oxygen atoms in total. The number of phosphoric acid groups is 2. The number of unbranched alkanes of at least 4 members (excludes halogenated alkanes) is 52. The Morgan fingerprint density at radius 2 is 0.451 bits per heavy atom. The van der Waals surface area contributed by atoms with Crippen molar-refractivity contribution in [3.05, 3.63) is 0 Å². The quantitative estimate of drug-likeness (QED) is 0.0222. The summed E-state index contributed by atoms with van der Waals surface area (Å²) in [6, 6.07) is 0. The first-order valence-electron chi connectivity index (χ1n) is 43.0. The Labute approximate surface area is 626 Å². The lowest BCUT2D eigenvalue weighted by atomic mass is 10.0. The van der Waals surface area contributed by atoms with Crippen molar-refractivity contribution >= 4 is 39.5 Å². The van der Waals surface area contributed by atoms with E-state index >= 15 is 0 Å². The molecule has 3 N–H and O–H groups in total. The lowest BCUT2D eigenvalue weighted by Crippen LogP contribution is -2.30. The number of carbonyl (C=O) groups is 4. The Hall–Kier alpha value is -1.94. The number of aliphatic hydroxyl groups is 1. The van der Waals surface area contributed by atoms with Gasteiger partial charge in [0.1, 0.15) is 19.3 Å². The molecule has 606 valence electrons. The Morgan fingerprint density at radius 1 is 0.265 bits per heavy atom. The molecule has 0 amide bonds. The fourth-order valence-corrected chi connectivity index (χ4v) is 14.5. The van der Waals surface area contributed by atoms with Crippen LogP contribution in [0.2, 0.25) is 0 Å². The summed E-state index contributed by atoms with van der Waals surface area (Å²) in [5.74, 6) is -0.514. The van der Waals surface area contributed by atoms with E-state index in [4.69, 9.17) is 37.0 Å². The minimum absolute atomic E-state index is 0.108. The fourth-order valence-electron chi connectivity index (χ4n) is 12.9. The molecule has 0 aromatic carbocycles. The van der Waals surface area contributed by atoms with Crippen LogP contribution in [0, 0.1) is 11.8 Å². The topological polar surface area (TPSA) is 237 Å². The average Bonchev–Trinajstić information content (AvgIpc) is 0.921. The summed E-state index contributed by atoms with van der Waals surface area (Å²) >= 11 is 0. The van der Waals surface area contributed by atoms with Crippen molar-refractivity contribution in [2.75, 3.05) is 39.6 Å². The minimum Gasteiger partial charge on any atom is -0.462 e. The van der Waals surface area contributed by atoms with Gasteiger partial charge in [-0.15, -0.1) is 0 Å². The molecule has 0 aliphatic heterocycles. The van der Waals surface area contributed by atoms with E-state index in [1.54, 1.807) is 0 Å². The molecule has 0 aliphatic rings. The van der Waals surface area contributed by atoms with E-state index in [1.807, 2.05) is 0 Å². The van der Waals surface area contributed by atoms with Crippen LogP contribution in [-0.2, 0) is 65.4 Å². The molecule has 0 rings (SSSR count). The highest BCUT2D eigenvalue weighted by Crippen LogP contribution is 2.45. The zero-order chi connectivity index (χ0) is 74.9. The molecular weight excluding hydrogens is 1330 g/mol. The van der Waals surface area contributed by atoms with Crippen LogP contribution in [0.1, 0.15) is 440 Å². The Bertz CT molecular complexity index is 1960. The summed E-state index contributed by atoms with van der Waals surface area (Å²) in [5.41, 5.74) is 0. The highest BCUT2D eigenvalue weighted by Gasteiger charge is 2.30. The summed E-state index contributed by atoms with van der Waals surface area (Å²) in [6.45, 7) is 9.70. The Morgan fingerprint density at radius 3 is 0.667 bits per heavy atom. The van der Waals surface area contributed by atoms with Gasteiger partial charge in [0.15, 0.2) is 12.2 Å². The molecule has 0 aromatic rings. The molecule has 0 fully saturated rings. The van der Waals surface area contributed by atoms with E-state index in [-0.39, 0.29) is 25.7 Å². The molecule has 0 bridgehead atoms. The Kier molecular flexibility index (Phi) is 73.1. The second kappa shape index (κ2) is 74.5. The summed E-state index contributed by atoms with van der Waals surface area (Å²) < 4.78 is 68.8. The van der Waals surface area contributed by atoms with Gasteiger partial charge < -0.3 is 33.8 Å². The molecule has 2 unspecified atom stereocenters. The number of aliphatic hydroxyl groups excluding tert-OH is 1. The maximum Gasteiger partial charge on any atom is 0.472 e. The van der Waals surface area contributed by atoms with Crippen LogP contribution in [0.15, 0.2) is 0 Å². The highest BCUT2D eigenvalue weighted by atomic mass is 31.2. The second-order valence-corrected chi connectivity index (χ2v) is 33.7. The van der Waals surface area contributed by atoms with Crippen LogP contribution in [0.5, 0.6) is 0 Å². The van der Waals surface area contributed by atoms with Gasteiger partial charge in [0.05, 0.1) is 26.4 Å². The van der Waals surface area contributed by atoms with Crippen molar-refractivity contribution in [2.45, 2.75) is 458 Å². The first-order valence-corrected chi connectivity index (χ1v) is 46.0. The van der Waals surface area contributed by atoms with Gasteiger partial charge in [0, 0.05) is 25.7 Å². The number of carbonyl (C=O) groups excluding carboxylic acids is 4. The van der Waals surface area contributed by atoms with Crippen LogP contribution in [0.25, 0.3) is 0 Å². The van der Waals surface area contributed by atoms with Crippen LogP contribution < -0.4 is 0 Å². The van der Waals surface area contributed by atoms with Crippen LogP contribution >= 0.6 is 15.6 Å². The fraction of sp³-hybridized carbons (Fsp3) is 0.952. The van der Waals surface area contributed by atoms with Gasteiger partial charge in [0.25, 0.3) is 0 Å². The molecule has 0 spiro atoms. The van der Waals surface area contributed by atoms with Gasteiger partial charge in [-0.05, 0) is 37.5 Å². The van der Waals surface area contributed by atoms with Crippen molar-refractivity contribution in [3.63, 3.8) is 0 Å². The predicted octanol–water partition coefficient (Wildman–Crippen LogP) is 25.1. The van der Waals surface area contributed by atoms with Crippen LogP contribution in [-0.4, -0.2) is 96.7 Å². The molecule has 5 atom stereocenters. The molecule has 19 heteroatoms. The maximum absolute atomic E-state index is 13.1. The number of esters is 4. The number of rotatable bonds is 82. The van der Waals surface area contributed by atoms with Gasteiger partial charge in [-0.2, -0.15) is 0 Å². The van der Waals surface area contributed by atoms with Gasteiger partial charge in [-0.25, -0.2) is 9.13 Å². The predicted molar refractivity (Wildman–Crippen MR) is 418 cm³/mol. The standard InChI is InChI=1S/C83H162O17P2/c1-7-9-11-13-15-17-19-20-21-22-25-30-36-42-48-54-60-66-81(86)94-72-79(100-82(87)67-61-55-49-43-37-31-26-23-24-28-34-39-45-51-57-63-75(3)4)74-98-102(91,92)96-70-77(84)69-95-101(89,90)97-73-78(71-93-80(85)65-59-53-47-41-33-18-16-14-12-10-8-2)99-83(88)68-62-56-50-44-38-32-27-29-35-40-46-52-58-64-76(5)6/h75-79,84H,7-74H2,1-6H3,(H,89,90)(H,91,92)/t77-,78+,79+/m0/s1. The number of ether oxygens (including phenoxy) is 4. The van der Waals surface area contributed by atoms with Crippen LogP contribution in [0.3, 0.4) is 0 Å². The SMILES string of the molecule is CCCCCCCCCCCCCCCCCCCC(=O)OC[C@H](COP(=O)(O)OC[C@@H](O)COP(=O)(O)OC[C@@H](COC(=O)CCCCCCCCCCCCC)OC(=O)CCCCCCCCCCCCCCCC(C)C)OC(=O)CCCCCCCCCCCCCCCCCC(C)C. The largest absolute Gasteiger partial charge is 0.472 e. The molecule has 0 saturated heterocycles. The molecular formula is C83H162O17P2. The summed E-state index contributed by atoms with van der Waals surface area (Å²) in [4.78, 5) is 73.1. The van der Waals surface area contributed by atoms with Crippen molar-refractivity contribution < 1.29 is 80.2 Å². The van der Waals surface area contributed by atoms with Gasteiger partial charge in [-0.3, -0.25) is 37.3 Å². The third-order valence-corrected chi connectivity index (χ3v) is 21.4. The molecule has 0 heterocycles. The maximum atomic E-state index is 13.1. The lowest BCUT2D eigenvalue weighted by molar-refractivity contribution is -0.161. The zero-order valence-corrected chi connectivity index (χ0v) is 68.7. The van der Waals surface area contributed by atoms with Crippen molar-refractivity contribution in [2.24, 2.45) is 11.8 Å². The van der Waals surface area contributed by atoms with Gasteiger partial charge in [0.2, 0.25) is 0 Å². The molecule has 0 saturated carbocycles. The van der Waals surface area contributed by atoms with Crippen LogP contribution in [0.4, 0.5) is 0 Å². The van der Waals surface area contributed by atoms with E-state index in [9.17, 15) is 43.2 Å². The molecule has 0 aromatic heterocycles. The second-order valence-electron chi connectivity index (χ2n) is 30.8. The molecule has 0 aliphatic carbocycles. The first-order chi connectivity index (χ1) is 49.4. The van der Waals surface area contributed by atoms with E-state index in [0.29, 0.717) is 25.7 Å². The van der Waals surface area contributed by atoms with E-state index in [0.717, 1.165) is 102 Å². The smallest absolute Gasteiger partial charge is 0.462 e. The van der Waals surface area contributed by atoms with E-state index in [1.165, 1.54) is 257 Å². The van der Waals surface area contributed by atoms with E-state index in [2.05, 4.69) is 41.5 Å². The molecule has 102 heavy (non-hydrogen) atoms. The highest BCUT2D eigenvalue weighted by molar-refractivity contribution is 7.47. The van der Waals surface area contributed by atoms with Crippen molar-refractivity contribution in [1.82, 2.24) is 0 Å². The van der Waals surface area contributed by atoms with E-state index < -0.39 is 97.5 Å². The van der Waals surface area contributed by atoms with Crippen molar-refractivity contribution in [3.8, 4) is 0 Å². The summed E-state index contributed by atoms with van der Waals surface area (Å²) in [6.07, 6.45) is 65.1. The summed E-state index contributed by atoms with van der Waals surface area (Å²) in [7, 11) is -9.92. The number of hydrogen-bond acceptors (Lipinski definition) is 15. The zero-order valence-electron chi connectivity index (χ0n) is 66.9. The van der Waals surface area contributed by atoms with Gasteiger partial charge >= 0.3 is 39.5 Å². The average molecular weight is 1490 g/mol. The number of hydrogen-bond donors (Lipinski definition) is 3. The van der Waals surface area contributed by atoms with Crippen molar-refractivity contribution in [1.29, 1.82) is 0 Å². The lowest BCUT2D eigenvalue weighted by Gasteiger charge is -2.21. The minimum atomic E-state index is -4.96. The Balaban J connectivity index is 5.25. The van der Waals surface area contributed by atoms with Gasteiger partial charge in [-0.1, -0.05) is 388 Å². The first kappa shape index (κ1) is 100.